The Morgan fingerprint density at radius 1 is 1.17 bits per heavy atom. The standard InChI is InChI=1S/C18H27NO3.C2HF3O2/c1-11(2)15-6-5-7-16(13(4)14-8-9-14)17(15)21-22-18(20)12(3)10-19;3-2(4,5)1(6)7/h5-7,11-14H,8-10,19H2,1-4H3;(H,6,7)/t12?,13-;/m1./s1. The Kier molecular flexibility index (Phi) is 8.94. The van der Waals surface area contributed by atoms with Crippen molar-refractivity contribution in [2.75, 3.05) is 6.54 Å². The number of carboxylic acid groups (broad SMARTS) is 1. The van der Waals surface area contributed by atoms with Gasteiger partial charge in [-0.15, -0.1) is 0 Å². The maximum atomic E-state index is 11.8. The smallest absolute Gasteiger partial charge is 0.475 e. The van der Waals surface area contributed by atoms with Crippen LogP contribution in [0.3, 0.4) is 0 Å². The van der Waals surface area contributed by atoms with E-state index in [1.807, 2.05) is 6.07 Å². The van der Waals surface area contributed by atoms with Crippen molar-refractivity contribution in [3.8, 4) is 5.75 Å². The molecule has 2 rings (SSSR count). The maximum Gasteiger partial charge on any atom is 0.490 e. The van der Waals surface area contributed by atoms with E-state index in [1.165, 1.54) is 12.8 Å². The Morgan fingerprint density at radius 2 is 1.69 bits per heavy atom. The summed E-state index contributed by atoms with van der Waals surface area (Å²) < 4.78 is 31.7. The summed E-state index contributed by atoms with van der Waals surface area (Å²) in [5.74, 6) is -1.42. The van der Waals surface area contributed by atoms with Crippen molar-refractivity contribution in [2.45, 2.75) is 58.5 Å². The van der Waals surface area contributed by atoms with E-state index in [1.54, 1.807) is 6.92 Å². The normalized spacial score (nSPS) is 15.8. The number of benzene rings is 1. The fraction of sp³-hybridized carbons (Fsp3) is 0.600. The van der Waals surface area contributed by atoms with Gasteiger partial charge in [-0.2, -0.15) is 13.2 Å². The maximum absolute atomic E-state index is 11.8. The second-order valence-corrected chi connectivity index (χ2v) is 7.47. The quantitative estimate of drug-likeness (QED) is 0.502. The Morgan fingerprint density at radius 3 is 2.10 bits per heavy atom. The number of aliphatic carboxylic acids is 1. The lowest BCUT2D eigenvalue weighted by molar-refractivity contribution is -0.218. The Hall–Kier alpha value is -2.29. The molecule has 1 saturated carbocycles. The van der Waals surface area contributed by atoms with Crippen LogP contribution < -0.4 is 10.6 Å². The lowest BCUT2D eigenvalue weighted by atomic mass is 9.90. The van der Waals surface area contributed by atoms with Gasteiger partial charge in [-0.25, -0.2) is 9.59 Å². The van der Waals surface area contributed by atoms with Crippen molar-refractivity contribution < 1.29 is 37.6 Å². The SMILES string of the molecule is CC(CN)C(=O)OOc1c(C(C)C)cccc1[C@H](C)C1CC1.O=C(O)C(F)(F)F. The molecule has 0 heterocycles. The molecule has 164 valence electrons. The molecule has 0 aliphatic heterocycles. The van der Waals surface area contributed by atoms with E-state index in [0.717, 1.165) is 11.1 Å². The number of hydrogen-bond donors (Lipinski definition) is 2. The van der Waals surface area contributed by atoms with Gasteiger partial charge in [0, 0.05) is 17.7 Å². The minimum absolute atomic E-state index is 0.249. The summed E-state index contributed by atoms with van der Waals surface area (Å²) in [4.78, 5) is 31.3. The molecule has 0 saturated heterocycles. The lowest BCUT2D eigenvalue weighted by Gasteiger charge is -2.20. The van der Waals surface area contributed by atoms with Gasteiger partial charge in [0.2, 0.25) is 0 Å². The van der Waals surface area contributed by atoms with Crippen molar-refractivity contribution >= 4 is 11.9 Å². The number of nitrogens with two attached hydrogens (primary N) is 1. The molecule has 29 heavy (non-hydrogen) atoms. The van der Waals surface area contributed by atoms with Crippen LogP contribution in [0.15, 0.2) is 18.2 Å². The second kappa shape index (κ2) is 10.5. The third kappa shape index (κ3) is 7.56. The van der Waals surface area contributed by atoms with E-state index < -0.39 is 18.1 Å². The first-order chi connectivity index (χ1) is 13.4. The van der Waals surface area contributed by atoms with Crippen molar-refractivity contribution in [2.24, 2.45) is 17.6 Å². The molecule has 9 heteroatoms. The summed E-state index contributed by atoms with van der Waals surface area (Å²) in [5, 5.41) is 7.12. The Labute approximate surface area is 168 Å². The zero-order valence-corrected chi connectivity index (χ0v) is 17.0. The van der Waals surface area contributed by atoms with Crippen LogP contribution in [0.2, 0.25) is 0 Å². The first-order valence-corrected chi connectivity index (χ1v) is 9.41. The summed E-state index contributed by atoms with van der Waals surface area (Å²) >= 11 is 0. The zero-order valence-electron chi connectivity index (χ0n) is 17.0. The molecule has 2 atom stereocenters. The third-order valence-corrected chi connectivity index (χ3v) is 4.72. The summed E-state index contributed by atoms with van der Waals surface area (Å²) in [5.41, 5.74) is 7.68. The number of carbonyl (C=O) groups is 2. The number of para-hydroxylation sites is 1. The molecule has 1 aliphatic carbocycles. The van der Waals surface area contributed by atoms with E-state index in [0.29, 0.717) is 23.5 Å². The van der Waals surface area contributed by atoms with Crippen LogP contribution >= 0.6 is 0 Å². The fourth-order valence-electron chi connectivity index (χ4n) is 2.59. The number of alkyl halides is 3. The molecule has 6 nitrogen and oxygen atoms in total. The molecule has 0 spiro atoms. The Bertz CT molecular complexity index is 702. The van der Waals surface area contributed by atoms with Crippen LogP contribution in [-0.2, 0) is 14.5 Å². The van der Waals surface area contributed by atoms with Crippen molar-refractivity contribution in [1.29, 1.82) is 0 Å². The van der Waals surface area contributed by atoms with Crippen LogP contribution in [0.4, 0.5) is 13.2 Å². The molecular weight excluding hydrogens is 391 g/mol. The molecule has 1 aromatic carbocycles. The number of rotatable bonds is 7. The van der Waals surface area contributed by atoms with Gasteiger partial charge in [0.05, 0.1) is 5.92 Å². The minimum atomic E-state index is -5.08. The van der Waals surface area contributed by atoms with Gasteiger partial charge in [0.15, 0.2) is 5.75 Å². The van der Waals surface area contributed by atoms with Crippen LogP contribution in [-0.4, -0.2) is 29.8 Å². The molecule has 1 aliphatic rings. The van der Waals surface area contributed by atoms with Gasteiger partial charge < -0.3 is 10.8 Å². The van der Waals surface area contributed by atoms with Crippen LogP contribution in [0.5, 0.6) is 5.75 Å². The molecule has 0 aromatic heterocycles. The Balaban J connectivity index is 0.000000516. The highest BCUT2D eigenvalue weighted by Gasteiger charge is 2.38. The van der Waals surface area contributed by atoms with Gasteiger partial charge in [-0.3, -0.25) is 9.78 Å². The minimum Gasteiger partial charge on any atom is -0.475 e. The van der Waals surface area contributed by atoms with E-state index in [2.05, 4.69) is 32.9 Å². The first kappa shape index (κ1) is 24.7. The van der Waals surface area contributed by atoms with Crippen LogP contribution in [0, 0.1) is 11.8 Å². The van der Waals surface area contributed by atoms with Crippen molar-refractivity contribution in [3.05, 3.63) is 29.3 Å². The summed E-state index contributed by atoms with van der Waals surface area (Å²) in [7, 11) is 0. The number of hydrogen-bond acceptors (Lipinski definition) is 5. The van der Waals surface area contributed by atoms with E-state index in [4.69, 9.17) is 25.4 Å². The highest BCUT2D eigenvalue weighted by Crippen LogP contribution is 2.46. The highest BCUT2D eigenvalue weighted by molar-refractivity contribution is 5.73. The molecule has 0 amide bonds. The van der Waals surface area contributed by atoms with Crippen molar-refractivity contribution in [1.82, 2.24) is 0 Å². The topological polar surface area (TPSA) is 98.9 Å². The molecular formula is C20H28F3NO5. The average molecular weight is 419 g/mol. The summed E-state index contributed by atoms with van der Waals surface area (Å²) in [6.07, 6.45) is -2.56. The molecule has 3 N–H and O–H groups in total. The average Bonchev–Trinajstić information content (AvgIpc) is 3.49. The van der Waals surface area contributed by atoms with Crippen molar-refractivity contribution in [3.63, 3.8) is 0 Å². The van der Waals surface area contributed by atoms with E-state index in [-0.39, 0.29) is 12.5 Å². The lowest BCUT2D eigenvalue weighted by Crippen LogP contribution is -2.24. The van der Waals surface area contributed by atoms with Gasteiger partial charge in [0.1, 0.15) is 0 Å². The van der Waals surface area contributed by atoms with Gasteiger partial charge in [-0.05, 0) is 30.6 Å². The number of halogens is 3. The molecule has 0 bridgehead atoms. The molecule has 1 unspecified atom stereocenters. The van der Waals surface area contributed by atoms with Gasteiger partial charge >= 0.3 is 18.1 Å². The van der Waals surface area contributed by atoms with Gasteiger partial charge in [0.25, 0.3) is 0 Å². The second-order valence-electron chi connectivity index (χ2n) is 7.47. The highest BCUT2D eigenvalue weighted by atomic mass is 19.4. The summed E-state index contributed by atoms with van der Waals surface area (Å²) in [6.45, 7) is 8.41. The van der Waals surface area contributed by atoms with E-state index >= 15 is 0 Å². The largest absolute Gasteiger partial charge is 0.490 e. The van der Waals surface area contributed by atoms with Crippen LogP contribution in [0.25, 0.3) is 0 Å². The predicted octanol–water partition coefficient (Wildman–Crippen LogP) is 4.39. The predicted molar refractivity (Wildman–Crippen MR) is 100 cm³/mol. The number of carboxylic acids is 1. The van der Waals surface area contributed by atoms with Crippen LogP contribution in [0.1, 0.15) is 63.5 Å². The fourth-order valence-corrected chi connectivity index (χ4v) is 2.59. The third-order valence-electron chi connectivity index (χ3n) is 4.72. The molecule has 0 radical (unpaired) electrons. The van der Waals surface area contributed by atoms with E-state index in [9.17, 15) is 18.0 Å². The first-order valence-electron chi connectivity index (χ1n) is 9.41. The molecule has 1 aromatic rings. The van der Waals surface area contributed by atoms with Gasteiger partial charge in [-0.1, -0.05) is 45.9 Å². The summed E-state index contributed by atoms with van der Waals surface area (Å²) in [6, 6.07) is 6.16. The zero-order chi connectivity index (χ0) is 22.4. The number of carbonyl (C=O) groups excluding carboxylic acids is 1. The monoisotopic (exact) mass is 419 g/mol. The molecule has 1 fully saturated rings.